The summed E-state index contributed by atoms with van der Waals surface area (Å²) < 4.78 is 0. The molecule has 0 unspecified atom stereocenters. The average Bonchev–Trinajstić information content (AvgIpc) is 2.28. The summed E-state index contributed by atoms with van der Waals surface area (Å²) in [7, 11) is 0. The maximum Gasteiger partial charge on any atom is 0.267 e. The lowest BCUT2D eigenvalue weighted by atomic mass is 10.0. The standard InChI is InChI=1S/C12H13N3O/c1-7-4-5-13-6-10(7)11-8(2)9(3)12(16)15-14-11/h4-6H,1-3H3,(H,15,16). The van der Waals surface area contributed by atoms with E-state index in [9.17, 15) is 4.79 Å². The monoisotopic (exact) mass is 215 g/mol. The van der Waals surface area contributed by atoms with E-state index in [1.807, 2.05) is 19.9 Å². The van der Waals surface area contributed by atoms with Gasteiger partial charge in [0.05, 0.1) is 5.69 Å². The van der Waals surface area contributed by atoms with Crippen LogP contribution in [0, 0.1) is 20.8 Å². The van der Waals surface area contributed by atoms with Crippen molar-refractivity contribution in [2.75, 3.05) is 0 Å². The van der Waals surface area contributed by atoms with Crippen LogP contribution in [-0.4, -0.2) is 15.2 Å². The van der Waals surface area contributed by atoms with Crippen molar-refractivity contribution in [2.24, 2.45) is 0 Å². The Bertz CT molecular complexity index is 587. The fourth-order valence-electron chi connectivity index (χ4n) is 1.60. The molecule has 0 aliphatic carbocycles. The first-order valence-electron chi connectivity index (χ1n) is 5.08. The summed E-state index contributed by atoms with van der Waals surface area (Å²) in [6.07, 6.45) is 3.51. The topological polar surface area (TPSA) is 58.6 Å². The molecule has 4 heteroatoms. The Balaban J connectivity index is 2.71. The molecule has 16 heavy (non-hydrogen) atoms. The van der Waals surface area contributed by atoms with E-state index in [4.69, 9.17) is 0 Å². The number of H-pyrrole nitrogens is 1. The van der Waals surface area contributed by atoms with Crippen LogP contribution < -0.4 is 5.56 Å². The van der Waals surface area contributed by atoms with Gasteiger partial charge in [-0.3, -0.25) is 9.78 Å². The number of aryl methyl sites for hydroxylation is 1. The number of hydrogen-bond acceptors (Lipinski definition) is 3. The molecule has 4 nitrogen and oxygen atoms in total. The summed E-state index contributed by atoms with van der Waals surface area (Å²) in [5.41, 5.74) is 4.31. The van der Waals surface area contributed by atoms with Crippen LogP contribution in [0.25, 0.3) is 11.3 Å². The number of aromatic nitrogens is 3. The largest absolute Gasteiger partial charge is 0.268 e. The van der Waals surface area contributed by atoms with Gasteiger partial charge in [0, 0.05) is 23.5 Å². The minimum Gasteiger partial charge on any atom is -0.268 e. The van der Waals surface area contributed by atoms with Crippen molar-refractivity contribution in [1.82, 2.24) is 15.2 Å². The normalized spacial score (nSPS) is 10.4. The van der Waals surface area contributed by atoms with Crippen LogP contribution in [0.5, 0.6) is 0 Å². The number of pyridine rings is 1. The third-order valence-corrected chi connectivity index (χ3v) is 2.82. The van der Waals surface area contributed by atoms with E-state index in [1.165, 1.54) is 0 Å². The number of aromatic amines is 1. The zero-order valence-corrected chi connectivity index (χ0v) is 9.53. The van der Waals surface area contributed by atoms with Crippen LogP contribution in [-0.2, 0) is 0 Å². The van der Waals surface area contributed by atoms with Gasteiger partial charge >= 0.3 is 0 Å². The van der Waals surface area contributed by atoms with Gasteiger partial charge in [-0.2, -0.15) is 5.10 Å². The van der Waals surface area contributed by atoms with Crippen LogP contribution >= 0.6 is 0 Å². The second-order valence-electron chi connectivity index (χ2n) is 3.84. The van der Waals surface area contributed by atoms with Crippen molar-refractivity contribution in [3.05, 3.63) is 45.5 Å². The summed E-state index contributed by atoms with van der Waals surface area (Å²) in [4.78, 5) is 15.5. The van der Waals surface area contributed by atoms with Crippen LogP contribution in [0.1, 0.15) is 16.7 Å². The molecule has 0 bridgehead atoms. The van der Waals surface area contributed by atoms with Gasteiger partial charge in [0.15, 0.2) is 0 Å². The number of nitrogens with zero attached hydrogens (tertiary/aromatic N) is 2. The molecule has 0 atom stereocenters. The molecule has 0 aliphatic rings. The molecule has 0 radical (unpaired) electrons. The first kappa shape index (κ1) is 10.5. The Morgan fingerprint density at radius 1 is 1.19 bits per heavy atom. The lowest BCUT2D eigenvalue weighted by molar-refractivity contribution is 0.956. The van der Waals surface area contributed by atoms with Gasteiger partial charge < -0.3 is 0 Å². The van der Waals surface area contributed by atoms with Crippen molar-refractivity contribution in [2.45, 2.75) is 20.8 Å². The third-order valence-electron chi connectivity index (χ3n) is 2.82. The van der Waals surface area contributed by atoms with Crippen molar-refractivity contribution in [1.29, 1.82) is 0 Å². The Morgan fingerprint density at radius 3 is 2.62 bits per heavy atom. The lowest BCUT2D eigenvalue weighted by Gasteiger charge is -2.08. The van der Waals surface area contributed by atoms with E-state index in [0.717, 1.165) is 22.4 Å². The van der Waals surface area contributed by atoms with E-state index in [1.54, 1.807) is 19.3 Å². The predicted octanol–water partition coefficient (Wildman–Crippen LogP) is 1.76. The highest BCUT2D eigenvalue weighted by Crippen LogP contribution is 2.22. The number of nitrogens with one attached hydrogen (secondary N) is 1. The van der Waals surface area contributed by atoms with Crippen LogP contribution in [0.15, 0.2) is 23.3 Å². The molecular formula is C12H13N3O. The minimum absolute atomic E-state index is 0.136. The molecule has 0 saturated carbocycles. The van der Waals surface area contributed by atoms with Gasteiger partial charge in [0.2, 0.25) is 0 Å². The highest BCUT2D eigenvalue weighted by Gasteiger charge is 2.10. The second-order valence-corrected chi connectivity index (χ2v) is 3.84. The number of rotatable bonds is 1. The summed E-state index contributed by atoms with van der Waals surface area (Å²) in [6.45, 7) is 5.70. The smallest absolute Gasteiger partial charge is 0.267 e. The van der Waals surface area contributed by atoms with Crippen molar-refractivity contribution in [3.63, 3.8) is 0 Å². The second kappa shape index (κ2) is 3.89. The zero-order chi connectivity index (χ0) is 11.7. The van der Waals surface area contributed by atoms with Gasteiger partial charge in [-0.1, -0.05) is 0 Å². The van der Waals surface area contributed by atoms with Crippen molar-refractivity contribution < 1.29 is 0 Å². The third kappa shape index (κ3) is 1.62. The first-order valence-corrected chi connectivity index (χ1v) is 5.08. The maximum absolute atomic E-state index is 11.4. The highest BCUT2D eigenvalue weighted by atomic mass is 16.1. The van der Waals surface area contributed by atoms with Crippen molar-refractivity contribution in [3.8, 4) is 11.3 Å². The van der Waals surface area contributed by atoms with Gasteiger partial charge in [-0.05, 0) is 38.0 Å². The van der Waals surface area contributed by atoms with E-state index in [-0.39, 0.29) is 5.56 Å². The van der Waals surface area contributed by atoms with Crippen LogP contribution in [0.2, 0.25) is 0 Å². The molecule has 0 saturated heterocycles. The summed E-state index contributed by atoms with van der Waals surface area (Å²) >= 11 is 0. The van der Waals surface area contributed by atoms with E-state index < -0.39 is 0 Å². The Labute approximate surface area is 93.4 Å². The van der Waals surface area contributed by atoms with Crippen molar-refractivity contribution >= 4 is 0 Å². The maximum atomic E-state index is 11.4. The molecule has 0 aromatic carbocycles. The first-order chi connectivity index (χ1) is 7.61. The van der Waals surface area contributed by atoms with Gasteiger partial charge in [0.25, 0.3) is 5.56 Å². The molecule has 2 aromatic rings. The molecule has 82 valence electrons. The average molecular weight is 215 g/mol. The zero-order valence-electron chi connectivity index (χ0n) is 9.53. The molecule has 0 aliphatic heterocycles. The Kier molecular flexibility index (Phi) is 2.56. The van der Waals surface area contributed by atoms with E-state index >= 15 is 0 Å². The molecule has 0 spiro atoms. The highest BCUT2D eigenvalue weighted by molar-refractivity contribution is 5.65. The van der Waals surface area contributed by atoms with Gasteiger partial charge in [-0.15, -0.1) is 0 Å². The number of hydrogen-bond donors (Lipinski definition) is 1. The molecule has 2 aromatic heterocycles. The van der Waals surface area contributed by atoms with E-state index in [0.29, 0.717) is 5.56 Å². The predicted molar refractivity (Wildman–Crippen MR) is 62.3 cm³/mol. The lowest BCUT2D eigenvalue weighted by Crippen LogP contribution is -2.14. The van der Waals surface area contributed by atoms with Gasteiger partial charge in [-0.25, -0.2) is 5.10 Å². The fourth-order valence-corrected chi connectivity index (χ4v) is 1.60. The minimum atomic E-state index is -0.136. The Hall–Kier alpha value is -1.97. The SMILES string of the molecule is Cc1ccncc1-c1n[nH]c(=O)c(C)c1C. The fraction of sp³-hybridized carbons (Fsp3) is 0.250. The molecular weight excluding hydrogens is 202 g/mol. The molecule has 2 rings (SSSR count). The molecule has 0 fully saturated rings. The molecule has 0 amide bonds. The van der Waals surface area contributed by atoms with Crippen LogP contribution in [0.3, 0.4) is 0 Å². The van der Waals surface area contributed by atoms with Gasteiger partial charge in [0.1, 0.15) is 0 Å². The van der Waals surface area contributed by atoms with Crippen LogP contribution in [0.4, 0.5) is 0 Å². The molecule has 1 N–H and O–H groups in total. The summed E-state index contributed by atoms with van der Waals surface area (Å²) in [6, 6.07) is 1.93. The quantitative estimate of drug-likeness (QED) is 0.788. The Morgan fingerprint density at radius 2 is 1.94 bits per heavy atom. The van der Waals surface area contributed by atoms with E-state index in [2.05, 4.69) is 15.2 Å². The summed E-state index contributed by atoms with van der Waals surface area (Å²) in [5, 5.41) is 6.59. The molecule has 2 heterocycles. The summed E-state index contributed by atoms with van der Waals surface area (Å²) in [5.74, 6) is 0.